The monoisotopic (exact) mass is 459 g/mol. The molecule has 32 heavy (non-hydrogen) atoms. The maximum absolute atomic E-state index is 12.5. The van der Waals surface area contributed by atoms with Gasteiger partial charge in [0.1, 0.15) is 0 Å². The van der Waals surface area contributed by atoms with Crippen LogP contribution in [0.1, 0.15) is 49.8 Å². The predicted molar refractivity (Wildman–Crippen MR) is 121 cm³/mol. The lowest BCUT2D eigenvalue weighted by Gasteiger charge is -2.20. The summed E-state index contributed by atoms with van der Waals surface area (Å²) in [5.41, 5.74) is 1.49. The molecule has 1 aromatic heterocycles. The van der Waals surface area contributed by atoms with E-state index in [4.69, 9.17) is 5.11 Å². The predicted octanol–water partition coefficient (Wildman–Crippen LogP) is 3.21. The van der Waals surface area contributed by atoms with Crippen molar-refractivity contribution in [2.24, 2.45) is 5.92 Å². The zero-order valence-electron chi connectivity index (χ0n) is 17.9. The first-order chi connectivity index (χ1) is 15.4. The van der Waals surface area contributed by atoms with E-state index >= 15 is 0 Å². The number of rotatable bonds is 8. The van der Waals surface area contributed by atoms with E-state index in [9.17, 15) is 18.0 Å². The highest BCUT2D eigenvalue weighted by Gasteiger charge is 2.25. The average molecular weight is 460 g/mol. The number of hydrogen-bond acceptors (Lipinski definition) is 6. The van der Waals surface area contributed by atoms with E-state index in [1.165, 1.54) is 49.7 Å². The molecule has 2 aromatic rings. The molecule has 1 aromatic carbocycles. The van der Waals surface area contributed by atoms with Crippen LogP contribution in [-0.2, 0) is 27.7 Å². The standard InChI is InChI=1S/C23H29N3O5S/c27-16-20-9-8-19(15-25-20)26-23(29)32(30,31)21-10-6-17(7-11-21)12-13-24-22(28)14-18-4-2-1-3-5-18/h6-11,15,18,27H,1-5,12-14,16H2,(H,24,28)(H,26,29). The zero-order valence-corrected chi connectivity index (χ0v) is 18.7. The second kappa shape index (κ2) is 11.2. The molecule has 1 fully saturated rings. The third kappa shape index (κ3) is 6.61. The van der Waals surface area contributed by atoms with Crippen molar-refractivity contribution < 1.29 is 23.1 Å². The molecular weight excluding hydrogens is 430 g/mol. The van der Waals surface area contributed by atoms with E-state index in [1.807, 2.05) is 0 Å². The number of nitrogens with one attached hydrogen (secondary N) is 2. The van der Waals surface area contributed by atoms with Crippen LogP contribution >= 0.6 is 0 Å². The van der Waals surface area contributed by atoms with Crippen molar-refractivity contribution >= 4 is 26.7 Å². The van der Waals surface area contributed by atoms with Gasteiger partial charge in [0.15, 0.2) is 0 Å². The summed E-state index contributed by atoms with van der Waals surface area (Å²) >= 11 is 0. The number of aliphatic hydroxyl groups is 1. The summed E-state index contributed by atoms with van der Waals surface area (Å²) in [5.74, 6) is 0.553. The second-order valence-corrected chi connectivity index (χ2v) is 9.91. The summed E-state index contributed by atoms with van der Waals surface area (Å²) < 4.78 is 25.1. The van der Waals surface area contributed by atoms with Gasteiger partial charge in [-0.1, -0.05) is 31.4 Å². The van der Waals surface area contributed by atoms with Gasteiger partial charge in [0.25, 0.3) is 9.84 Å². The van der Waals surface area contributed by atoms with E-state index in [0.717, 1.165) is 18.4 Å². The van der Waals surface area contributed by atoms with Gasteiger partial charge in [0, 0.05) is 13.0 Å². The number of nitrogens with zero attached hydrogens (tertiary/aromatic N) is 1. The maximum atomic E-state index is 12.5. The summed E-state index contributed by atoms with van der Waals surface area (Å²) in [4.78, 5) is 28.1. The van der Waals surface area contributed by atoms with E-state index in [1.54, 1.807) is 12.1 Å². The molecule has 0 spiro atoms. The second-order valence-electron chi connectivity index (χ2n) is 8.06. The van der Waals surface area contributed by atoms with Crippen molar-refractivity contribution in [1.29, 1.82) is 0 Å². The minimum atomic E-state index is -4.22. The van der Waals surface area contributed by atoms with Crippen molar-refractivity contribution in [3.05, 3.63) is 53.9 Å². The van der Waals surface area contributed by atoms with Gasteiger partial charge in [-0.2, -0.15) is 0 Å². The van der Waals surface area contributed by atoms with Crippen LogP contribution in [0.2, 0.25) is 0 Å². The summed E-state index contributed by atoms with van der Waals surface area (Å²) in [6.45, 7) is 0.234. The van der Waals surface area contributed by atoms with Crippen LogP contribution in [0.15, 0.2) is 47.5 Å². The Kier molecular flexibility index (Phi) is 8.35. The van der Waals surface area contributed by atoms with Gasteiger partial charge in [-0.05, 0) is 55.0 Å². The molecule has 0 radical (unpaired) electrons. The highest BCUT2D eigenvalue weighted by Crippen LogP contribution is 2.26. The molecule has 9 heteroatoms. The molecule has 172 valence electrons. The Balaban J connectivity index is 1.49. The van der Waals surface area contributed by atoms with E-state index in [2.05, 4.69) is 15.6 Å². The summed E-state index contributed by atoms with van der Waals surface area (Å²) in [5, 5.41) is 13.1. The average Bonchev–Trinajstić information content (AvgIpc) is 2.80. The molecule has 1 aliphatic rings. The fourth-order valence-electron chi connectivity index (χ4n) is 3.79. The lowest BCUT2D eigenvalue weighted by molar-refractivity contribution is -0.122. The first kappa shape index (κ1) is 23.9. The van der Waals surface area contributed by atoms with Crippen molar-refractivity contribution in [1.82, 2.24) is 10.3 Å². The molecule has 1 heterocycles. The number of aromatic nitrogens is 1. The Morgan fingerprint density at radius 2 is 1.75 bits per heavy atom. The molecule has 0 aliphatic heterocycles. The molecular formula is C23H29N3O5S. The molecule has 3 N–H and O–H groups in total. The summed E-state index contributed by atoms with van der Waals surface area (Å²) in [7, 11) is -4.22. The van der Waals surface area contributed by atoms with E-state index in [0.29, 0.717) is 31.0 Å². The van der Waals surface area contributed by atoms with Gasteiger partial charge in [-0.3, -0.25) is 14.6 Å². The highest BCUT2D eigenvalue weighted by molar-refractivity contribution is 8.06. The zero-order chi connectivity index (χ0) is 23.0. The Morgan fingerprint density at radius 1 is 1.03 bits per heavy atom. The molecule has 0 saturated heterocycles. The number of pyridine rings is 1. The van der Waals surface area contributed by atoms with Gasteiger partial charge in [0.05, 0.1) is 29.1 Å². The van der Waals surface area contributed by atoms with Crippen molar-refractivity contribution in [2.45, 2.75) is 56.4 Å². The first-order valence-electron chi connectivity index (χ1n) is 10.9. The molecule has 0 bridgehead atoms. The van der Waals surface area contributed by atoms with Gasteiger partial charge < -0.3 is 15.7 Å². The van der Waals surface area contributed by atoms with Crippen LogP contribution in [0.4, 0.5) is 10.5 Å². The summed E-state index contributed by atoms with van der Waals surface area (Å²) in [6.07, 6.45) is 8.36. The number of aliphatic hydroxyl groups excluding tert-OH is 1. The Morgan fingerprint density at radius 3 is 2.38 bits per heavy atom. The normalized spacial score (nSPS) is 14.7. The Hall–Kier alpha value is -2.78. The van der Waals surface area contributed by atoms with Crippen LogP contribution in [-0.4, -0.2) is 36.2 Å². The number of amides is 2. The SMILES string of the molecule is O=C(CC1CCCCC1)NCCc1ccc(S(=O)(=O)C(=O)Nc2ccc(CO)nc2)cc1. The number of hydrogen-bond donors (Lipinski definition) is 3. The summed E-state index contributed by atoms with van der Waals surface area (Å²) in [6, 6.07) is 9.03. The van der Waals surface area contributed by atoms with Crippen LogP contribution < -0.4 is 10.6 Å². The minimum absolute atomic E-state index is 0.0641. The van der Waals surface area contributed by atoms with Crippen LogP contribution in [0.3, 0.4) is 0 Å². The number of carbonyl (C=O) groups is 2. The van der Waals surface area contributed by atoms with Gasteiger partial charge in [-0.25, -0.2) is 8.42 Å². The van der Waals surface area contributed by atoms with Crippen molar-refractivity contribution in [2.75, 3.05) is 11.9 Å². The van der Waals surface area contributed by atoms with Gasteiger partial charge in [0.2, 0.25) is 5.91 Å². The smallest absolute Gasteiger partial charge is 0.345 e. The largest absolute Gasteiger partial charge is 0.390 e. The lowest BCUT2D eigenvalue weighted by atomic mass is 9.87. The fourth-order valence-corrected chi connectivity index (χ4v) is 4.75. The topological polar surface area (TPSA) is 125 Å². The lowest BCUT2D eigenvalue weighted by Crippen LogP contribution is -2.28. The van der Waals surface area contributed by atoms with Gasteiger partial charge >= 0.3 is 5.24 Å². The minimum Gasteiger partial charge on any atom is -0.390 e. The number of carbonyl (C=O) groups excluding carboxylic acids is 2. The van der Waals surface area contributed by atoms with Crippen molar-refractivity contribution in [3.63, 3.8) is 0 Å². The maximum Gasteiger partial charge on any atom is 0.345 e. The van der Waals surface area contributed by atoms with Gasteiger partial charge in [-0.15, -0.1) is 0 Å². The molecule has 0 unspecified atom stereocenters. The first-order valence-corrected chi connectivity index (χ1v) is 12.3. The number of anilines is 1. The molecule has 1 aliphatic carbocycles. The number of sulfone groups is 1. The molecule has 1 saturated carbocycles. The highest BCUT2D eigenvalue weighted by atomic mass is 32.2. The third-order valence-corrected chi connectivity index (χ3v) is 7.13. The molecule has 2 amide bonds. The van der Waals surface area contributed by atoms with E-state index < -0.39 is 15.1 Å². The third-order valence-electron chi connectivity index (χ3n) is 5.65. The number of benzene rings is 1. The van der Waals surface area contributed by atoms with E-state index in [-0.39, 0.29) is 23.1 Å². The Bertz CT molecular complexity index is 1010. The van der Waals surface area contributed by atoms with Crippen LogP contribution in [0, 0.1) is 5.92 Å². The quantitative estimate of drug-likeness (QED) is 0.557. The van der Waals surface area contributed by atoms with Crippen LogP contribution in [0.25, 0.3) is 0 Å². The molecule has 3 rings (SSSR count). The van der Waals surface area contributed by atoms with Crippen LogP contribution in [0.5, 0.6) is 0 Å². The molecule has 0 atom stereocenters. The molecule has 8 nitrogen and oxygen atoms in total. The van der Waals surface area contributed by atoms with Crippen molar-refractivity contribution in [3.8, 4) is 0 Å². The Labute approximate surface area is 188 Å². The fraction of sp³-hybridized carbons (Fsp3) is 0.435.